The largest absolute Gasteiger partial charge is 0.469 e. The highest BCUT2D eigenvalue weighted by Gasteiger charge is 2.22. The van der Waals surface area contributed by atoms with Crippen molar-refractivity contribution in [2.24, 2.45) is 0 Å². The van der Waals surface area contributed by atoms with E-state index in [9.17, 15) is 9.90 Å². The molecule has 18 heavy (non-hydrogen) atoms. The Kier molecular flexibility index (Phi) is 6.60. The number of aliphatic hydroxyl groups is 1. The van der Waals surface area contributed by atoms with Crippen molar-refractivity contribution in [1.82, 2.24) is 9.80 Å². The first kappa shape index (κ1) is 15.4. The second kappa shape index (κ2) is 7.71. The van der Waals surface area contributed by atoms with E-state index < -0.39 is 6.10 Å². The van der Waals surface area contributed by atoms with Crippen LogP contribution in [0.1, 0.15) is 25.7 Å². The fourth-order valence-corrected chi connectivity index (χ4v) is 2.40. The maximum atomic E-state index is 11.0. The van der Waals surface area contributed by atoms with Gasteiger partial charge in [-0.25, -0.2) is 0 Å². The highest BCUT2D eigenvalue weighted by atomic mass is 16.5. The number of likely N-dealkylation sites (tertiary alicyclic amines) is 1. The van der Waals surface area contributed by atoms with Crippen LogP contribution in [-0.4, -0.2) is 73.9 Å². The van der Waals surface area contributed by atoms with Crippen LogP contribution in [0.5, 0.6) is 0 Å². The van der Waals surface area contributed by atoms with E-state index in [-0.39, 0.29) is 5.97 Å². The van der Waals surface area contributed by atoms with Gasteiger partial charge < -0.3 is 19.6 Å². The molecule has 0 aliphatic carbocycles. The first-order valence-electron chi connectivity index (χ1n) is 6.66. The van der Waals surface area contributed by atoms with Crippen molar-refractivity contribution >= 4 is 5.97 Å². The Morgan fingerprint density at radius 3 is 2.67 bits per heavy atom. The summed E-state index contributed by atoms with van der Waals surface area (Å²) in [5, 5.41) is 9.89. The standard InChI is InChI=1S/C13H26N2O3/c1-14-8-6-11(7-9-14)15(2)10-12(16)4-5-13(17)18-3/h11-12,16H,4-10H2,1-3H3. The van der Waals surface area contributed by atoms with Gasteiger partial charge in [-0.3, -0.25) is 4.79 Å². The van der Waals surface area contributed by atoms with E-state index in [0.29, 0.717) is 25.4 Å². The number of piperidine rings is 1. The zero-order chi connectivity index (χ0) is 13.5. The Balaban J connectivity index is 2.22. The Labute approximate surface area is 110 Å². The lowest BCUT2D eigenvalue weighted by Crippen LogP contribution is -2.44. The van der Waals surface area contributed by atoms with Crippen LogP contribution >= 0.6 is 0 Å². The summed E-state index contributed by atoms with van der Waals surface area (Å²) in [6.45, 7) is 2.87. The van der Waals surface area contributed by atoms with Gasteiger partial charge in [-0.1, -0.05) is 0 Å². The third-order valence-electron chi connectivity index (χ3n) is 3.72. The number of rotatable bonds is 6. The van der Waals surface area contributed by atoms with Crippen LogP contribution in [0.4, 0.5) is 0 Å². The Bertz CT molecular complexity index is 253. The van der Waals surface area contributed by atoms with Crippen LogP contribution in [0.3, 0.4) is 0 Å². The average Bonchev–Trinajstić information content (AvgIpc) is 2.36. The van der Waals surface area contributed by atoms with Crippen molar-refractivity contribution in [2.45, 2.75) is 37.8 Å². The molecule has 1 heterocycles. The van der Waals surface area contributed by atoms with Crippen LogP contribution in [0, 0.1) is 0 Å². The predicted molar refractivity (Wildman–Crippen MR) is 70.4 cm³/mol. The molecule has 0 spiro atoms. The number of aliphatic hydroxyl groups excluding tert-OH is 1. The van der Waals surface area contributed by atoms with Crippen molar-refractivity contribution < 1.29 is 14.6 Å². The number of hydrogen-bond donors (Lipinski definition) is 1. The van der Waals surface area contributed by atoms with Crippen LogP contribution in [0.25, 0.3) is 0 Å². The van der Waals surface area contributed by atoms with Gasteiger partial charge in [0.15, 0.2) is 0 Å². The maximum Gasteiger partial charge on any atom is 0.305 e. The number of ether oxygens (including phenoxy) is 1. The molecule has 0 aromatic carbocycles. The van der Waals surface area contributed by atoms with Gasteiger partial charge in [0.25, 0.3) is 0 Å². The Morgan fingerprint density at radius 1 is 1.50 bits per heavy atom. The minimum atomic E-state index is -0.450. The van der Waals surface area contributed by atoms with E-state index >= 15 is 0 Å². The molecule has 1 unspecified atom stereocenters. The number of methoxy groups -OCH3 is 1. The molecule has 1 aliphatic rings. The highest BCUT2D eigenvalue weighted by molar-refractivity contribution is 5.69. The van der Waals surface area contributed by atoms with Crippen LogP contribution in [0.2, 0.25) is 0 Å². The van der Waals surface area contributed by atoms with Gasteiger partial charge in [-0.15, -0.1) is 0 Å². The van der Waals surface area contributed by atoms with E-state index in [0.717, 1.165) is 25.9 Å². The summed E-state index contributed by atoms with van der Waals surface area (Å²) in [6, 6.07) is 0.550. The maximum absolute atomic E-state index is 11.0. The van der Waals surface area contributed by atoms with Crippen molar-refractivity contribution in [3.05, 3.63) is 0 Å². The zero-order valence-electron chi connectivity index (χ0n) is 11.8. The molecule has 0 radical (unpaired) electrons. The number of carbonyl (C=O) groups excluding carboxylic acids is 1. The predicted octanol–water partition coefficient (Wildman–Crippen LogP) is 0.327. The molecule has 5 nitrogen and oxygen atoms in total. The molecule has 1 atom stereocenters. The van der Waals surface area contributed by atoms with E-state index in [1.807, 2.05) is 0 Å². The fourth-order valence-electron chi connectivity index (χ4n) is 2.40. The number of esters is 1. The summed E-state index contributed by atoms with van der Waals surface area (Å²) in [5.41, 5.74) is 0. The summed E-state index contributed by atoms with van der Waals surface area (Å²) in [4.78, 5) is 15.5. The summed E-state index contributed by atoms with van der Waals surface area (Å²) in [6.07, 6.45) is 2.62. The van der Waals surface area contributed by atoms with Crippen molar-refractivity contribution in [1.29, 1.82) is 0 Å². The van der Waals surface area contributed by atoms with E-state index in [4.69, 9.17) is 0 Å². The second-order valence-corrected chi connectivity index (χ2v) is 5.24. The van der Waals surface area contributed by atoms with Gasteiger partial charge >= 0.3 is 5.97 Å². The van der Waals surface area contributed by atoms with Gasteiger partial charge in [0.1, 0.15) is 0 Å². The molecule has 0 bridgehead atoms. The van der Waals surface area contributed by atoms with Gasteiger partial charge in [0, 0.05) is 19.0 Å². The monoisotopic (exact) mass is 258 g/mol. The minimum absolute atomic E-state index is 0.254. The van der Waals surface area contributed by atoms with Gasteiger partial charge in [-0.05, 0) is 46.4 Å². The van der Waals surface area contributed by atoms with Crippen LogP contribution < -0.4 is 0 Å². The van der Waals surface area contributed by atoms with Gasteiger partial charge in [0.2, 0.25) is 0 Å². The zero-order valence-corrected chi connectivity index (χ0v) is 11.8. The molecule has 0 aromatic rings. The number of hydrogen-bond acceptors (Lipinski definition) is 5. The molecule has 0 aromatic heterocycles. The topological polar surface area (TPSA) is 53.0 Å². The molecule has 0 saturated carbocycles. The third-order valence-corrected chi connectivity index (χ3v) is 3.72. The minimum Gasteiger partial charge on any atom is -0.469 e. The lowest BCUT2D eigenvalue weighted by Gasteiger charge is -2.35. The SMILES string of the molecule is COC(=O)CCC(O)CN(C)C1CCN(C)CC1. The summed E-state index contributed by atoms with van der Waals surface area (Å²) in [5.74, 6) is -0.254. The average molecular weight is 258 g/mol. The number of nitrogens with zero attached hydrogens (tertiary/aromatic N) is 2. The van der Waals surface area contributed by atoms with Crippen molar-refractivity contribution in [2.75, 3.05) is 40.8 Å². The molecule has 1 fully saturated rings. The van der Waals surface area contributed by atoms with Crippen LogP contribution in [-0.2, 0) is 9.53 Å². The molecule has 0 amide bonds. The van der Waals surface area contributed by atoms with Crippen LogP contribution in [0.15, 0.2) is 0 Å². The summed E-state index contributed by atoms with van der Waals surface area (Å²) >= 11 is 0. The van der Waals surface area contributed by atoms with E-state index in [2.05, 4.69) is 28.6 Å². The molecule has 1 aliphatic heterocycles. The summed E-state index contributed by atoms with van der Waals surface area (Å²) < 4.78 is 4.56. The summed E-state index contributed by atoms with van der Waals surface area (Å²) in [7, 11) is 5.57. The van der Waals surface area contributed by atoms with E-state index in [1.165, 1.54) is 7.11 Å². The smallest absolute Gasteiger partial charge is 0.305 e. The molecular formula is C13H26N2O3. The third kappa shape index (κ3) is 5.33. The van der Waals surface area contributed by atoms with Crippen molar-refractivity contribution in [3.63, 3.8) is 0 Å². The van der Waals surface area contributed by atoms with Crippen molar-refractivity contribution in [3.8, 4) is 0 Å². The first-order chi connectivity index (χ1) is 8.52. The van der Waals surface area contributed by atoms with Gasteiger partial charge in [-0.2, -0.15) is 0 Å². The fraction of sp³-hybridized carbons (Fsp3) is 0.923. The molecular weight excluding hydrogens is 232 g/mol. The molecule has 5 heteroatoms. The normalized spacial score (nSPS) is 20.1. The van der Waals surface area contributed by atoms with E-state index in [1.54, 1.807) is 0 Å². The molecule has 1 rings (SSSR count). The Morgan fingerprint density at radius 2 is 2.11 bits per heavy atom. The first-order valence-corrected chi connectivity index (χ1v) is 6.66. The molecule has 1 saturated heterocycles. The second-order valence-electron chi connectivity index (χ2n) is 5.24. The lowest BCUT2D eigenvalue weighted by atomic mass is 10.0. The quantitative estimate of drug-likeness (QED) is 0.696. The number of carbonyl (C=O) groups is 1. The highest BCUT2D eigenvalue weighted by Crippen LogP contribution is 2.15. The number of likely N-dealkylation sites (N-methyl/N-ethyl adjacent to an activating group) is 1. The molecule has 106 valence electrons. The Hall–Kier alpha value is -0.650. The van der Waals surface area contributed by atoms with Gasteiger partial charge in [0.05, 0.1) is 13.2 Å². The molecule has 1 N–H and O–H groups in total. The lowest BCUT2D eigenvalue weighted by molar-refractivity contribution is -0.141.